The van der Waals surface area contributed by atoms with Gasteiger partial charge in [0.2, 0.25) is 0 Å². The molecular formula is C23H36IN5O2. The van der Waals surface area contributed by atoms with E-state index in [-0.39, 0.29) is 29.4 Å². The summed E-state index contributed by atoms with van der Waals surface area (Å²) in [6.07, 6.45) is 6.95. The zero-order valence-corrected chi connectivity index (χ0v) is 21.8. The Labute approximate surface area is 203 Å². The summed E-state index contributed by atoms with van der Waals surface area (Å²) in [6.45, 7) is 9.45. The molecule has 3 rings (SSSR count). The maximum absolute atomic E-state index is 5.49. The number of piperidine rings is 1. The van der Waals surface area contributed by atoms with E-state index in [9.17, 15) is 0 Å². The van der Waals surface area contributed by atoms with Crippen molar-refractivity contribution in [3.63, 3.8) is 0 Å². The quantitative estimate of drug-likeness (QED) is 0.341. The summed E-state index contributed by atoms with van der Waals surface area (Å²) in [5.41, 5.74) is 1.08. The molecule has 1 saturated heterocycles. The molecule has 2 aromatic rings. The number of likely N-dealkylation sites (tertiary alicyclic amines) is 1. The maximum atomic E-state index is 5.49. The number of hydrogen-bond donors (Lipinski definition) is 1. The Kier molecular flexibility index (Phi) is 9.02. The van der Waals surface area contributed by atoms with Crippen LogP contribution in [0.3, 0.4) is 0 Å². The number of imidazole rings is 1. The van der Waals surface area contributed by atoms with Crippen LogP contribution in [0.15, 0.2) is 41.9 Å². The molecule has 7 nitrogen and oxygen atoms in total. The Bertz CT molecular complexity index is 854. The van der Waals surface area contributed by atoms with Crippen LogP contribution in [0.5, 0.6) is 11.5 Å². The number of halogens is 1. The van der Waals surface area contributed by atoms with Crippen molar-refractivity contribution in [2.24, 2.45) is 10.9 Å². The summed E-state index contributed by atoms with van der Waals surface area (Å²) in [5.74, 6) is 3.05. The van der Waals surface area contributed by atoms with Gasteiger partial charge in [-0.2, -0.15) is 0 Å². The van der Waals surface area contributed by atoms with E-state index in [0.29, 0.717) is 12.0 Å². The van der Waals surface area contributed by atoms with Crippen LogP contribution in [0.25, 0.3) is 0 Å². The molecule has 0 aliphatic carbocycles. The molecular weight excluding hydrogens is 505 g/mol. The third kappa shape index (κ3) is 5.84. The molecule has 1 N–H and O–H groups in total. The molecule has 1 aliphatic heterocycles. The second-order valence-corrected chi connectivity index (χ2v) is 8.64. The number of methoxy groups -OCH3 is 2. The largest absolute Gasteiger partial charge is 0.493 e. The van der Waals surface area contributed by atoms with Crippen molar-refractivity contribution in [3.8, 4) is 11.5 Å². The lowest BCUT2D eigenvalue weighted by Crippen LogP contribution is -2.51. The van der Waals surface area contributed by atoms with Gasteiger partial charge in [0.25, 0.3) is 0 Å². The van der Waals surface area contributed by atoms with E-state index < -0.39 is 0 Å². The van der Waals surface area contributed by atoms with E-state index in [1.807, 2.05) is 25.6 Å². The van der Waals surface area contributed by atoms with Crippen LogP contribution in [0.2, 0.25) is 0 Å². The van der Waals surface area contributed by atoms with Gasteiger partial charge >= 0.3 is 0 Å². The van der Waals surface area contributed by atoms with E-state index >= 15 is 0 Å². The maximum Gasteiger partial charge on any atom is 0.193 e. The fourth-order valence-electron chi connectivity index (χ4n) is 4.09. The Balaban J connectivity index is 0.00000341. The predicted molar refractivity (Wildman–Crippen MR) is 136 cm³/mol. The molecule has 1 aliphatic rings. The molecule has 0 spiro atoms. The Morgan fingerprint density at radius 1 is 1.26 bits per heavy atom. The number of nitrogens with zero attached hydrogens (tertiary/aromatic N) is 4. The van der Waals surface area contributed by atoms with E-state index in [4.69, 9.17) is 9.47 Å². The Hall–Kier alpha value is -1.97. The second-order valence-electron chi connectivity index (χ2n) is 8.64. The first-order chi connectivity index (χ1) is 14.4. The summed E-state index contributed by atoms with van der Waals surface area (Å²) < 4.78 is 13.1. The molecule has 31 heavy (non-hydrogen) atoms. The lowest BCUT2D eigenvalue weighted by molar-refractivity contribution is 0.188. The highest BCUT2D eigenvalue weighted by Crippen LogP contribution is 2.33. The van der Waals surface area contributed by atoms with Crippen molar-refractivity contribution in [3.05, 3.63) is 42.5 Å². The second kappa shape index (κ2) is 11.1. The predicted octanol–water partition coefficient (Wildman–Crippen LogP) is 3.95. The zero-order valence-electron chi connectivity index (χ0n) is 19.5. The monoisotopic (exact) mass is 541 g/mol. The number of aromatic nitrogens is 2. The highest BCUT2D eigenvalue weighted by molar-refractivity contribution is 14.0. The molecule has 1 aromatic carbocycles. The molecule has 0 amide bonds. The molecule has 0 bridgehead atoms. The van der Waals surface area contributed by atoms with Gasteiger partial charge in [-0.1, -0.05) is 26.8 Å². The first-order valence-corrected chi connectivity index (χ1v) is 10.5. The minimum absolute atomic E-state index is 0. The molecule has 2 heterocycles. The van der Waals surface area contributed by atoms with Gasteiger partial charge in [0.1, 0.15) is 0 Å². The summed E-state index contributed by atoms with van der Waals surface area (Å²) in [5, 5.41) is 3.60. The van der Waals surface area contributed by atoms with Crippen LogP contribution in [0.4, 0.5) is 0 Å². The van der Waals surface area contributed by atoms with Crippen molar-refractivity contribution in [2.75, 3.05) is 40.9 Å². The normalized spacial score (nSPS) is 19.5. The van der Waals surface area contributed by atoms with Crippen molar-refractivity contribution >= 4 is 29.9 Å². The lowest BCUT2D eigenvalue weighted by Gasteiger charge is -2.40. The van der Waals surface area contributed by atoms with E-state index in [1.54, 1.807) is 14.2 Å². The number of rotatable bonds is 6. The number of nitrogens with one attached hydrogen (secondary N) is 1. The standard InChI is InChI=1S/C23H35N5O2.HI/c1-17-9-11-27(14-19(17)28-12-10-25-16-28)22(24-4)26-15-23(2,3)18-7-8-20(29-5)21(13-18)30-6;/h7-8,10,12-13,16-17,19H,9,11,14-15H2,1-6H3,(H,24,26);1H. The van der Waals surface area contributed by atoms with Gasteiger partial charge in [0.15, 0.2) is 17.5 Å². The van der Waals surface area contributed by atoms with Gasteiger partial charge in [0.05, 0.1) is 26.6 Å². The number of guanidine groups is 1. The third-order valence-corrected chi connectivity index (χ3v) is 6.19. The minimum Gasteiger partial charge on any atom is -0.493 e. The van der Waals surface area contributed by atoms with Crippen molar-refractivity contribution in [2.45, 2.75) is 38.6 Å². The zero-order chi connectivity index (χ0) is 21.7. The Morgan fingerprint density at radius 3 is 2.61 bits per heavy atom. The molecule has 1 aromatic heterocycles. The first kappa shape index (κ1) is 25.3. The van der Waals surface area contributed by atoms with Gasteiger partial charge in [-0.15, -0.1) is 24.0 Å². The van der Waals surface area contributed by atoms with Crippen LogP contribution in [0, 0.1) is 5.92 Å². The van der Waals surface area contributed by atoms with E-state index in [0.717, 1.165) is 43.5 Å². The highest BCUT2D eigenvalue weighted by atomic mass is 127. The Morgan fingerprint density at radius 2 is 2.00 bits per heavy atom. The highest BCUT2D eigenvalue weighted by Gasteiger charge is 2.30. The topological polar surface area (TPSA) is 63.9 Å². The average Bonchev–Trinajstić information content (AvgIpc) is 3.29. The van der Waals surface area contributed by atoms with Crippen LogP contribution in [-0.4, -0.2) is 61.3 Å². The van der Waals surface area contributed by atoms with Gasteiger partial charge < -0.3 is 24.3 Å². The van der Waals surface area contributed by atoms with Gasteiger partial charge in [0, 0.05) is 44.5 Å². The first-order valence-electron chi connectivity index (χ1n) is 10.5. The fraction of sp³-hybridized carbons (Fsp3) is 0.565. The van der Waals surface area contributed by atoms with Crippen LogP contribution >= 0.6 is 24.0 Å². The van der Waals surface area contributed by atoms with Crippen LogP contribution < -0.4 is 14.8 Å². The SMILES string of the molecule is CN=C(NCC(C)(C)c1ccc(OC)c(OC)c1)N1CCC(C)C(n2ccnc2)C1.I. The molecule has 1 fully saturated rings. The molecule has 2 unspecified atom stereocenters. The molecule has 0 radical (unpaired) electrons. The van der Waals surface area contributed by atoms with Crippen molar-refractivity contribution in [1.82, 2.24) is 19.8 Å². The van der Waals surface area contributed by atoms with Crippen molar-refractivity contribution in [1.29, 1.82) is 0 Å². The smallest absolute Gasteiger partial charge is 0.193 e. The molecule has 172 valence electrons. The van der Waals surface area contributed by atoms with Gasteiger partial charge in [-0.05, 0) is 30.0 Å². The lowest BCUT2D eigenvalue weighted by atomic mass is 9.84. The number of ether oxygens (including phenoxy) is 2. The molecule has 0 saturated carbocycles. The fourth-order valence-corrected chi connectivity index (χ4v) is 4.09. The van der Waals surface area contributed by atoms with E-state index in [1.165, 1.54) is 5.56 Å². The minimum atomic E-state index is -0.109. The van der Waals surface area contributed by atoms with Gasteiger partial charge in [-0.25, -0.2) is 4.98 Å². The van der Waals surface area contributed by atoms with Crippen LogP contribution in [-0.2, 0) is 5.41 Å². The summed E-state index contributed by atoms with van der Waals surface area (Å²) in [7, 11) is 5.18. The summed E-state index contributed by atoms with van der Waals surface area (Å²) >= 11 is 0. The summed E-state index contributed by atoms with van der Waals surface area (Å²) in [4.78, 5) is 11.2. The van der Waals surface area contributed by atoms with Crippen LogP contribution in [0.1, 0.15) is 38.8 Å². The number of aliphatic imine (C=N–C) groups is 1. The van der Waals surface area contributed by atoms with E-state index in [2.05, 4.69) is 63.9 Å². The third-order valence-electron chi connectivity index (χ3n) is 6.19. The van der Waals surface area contributed by atoms with Crippen molar-refractivity contribution < 1.29 is 9.47 Å². The molecule has 2 atom stereocenters. The number of benzene rings is 1. The average molecular weight is 541 g/mol. The van der Waals surface area contributed by atoms with Gasteiger partial charge in [-0.3, -0.25) is 4.99 Å². The molecule has 8 heteroatoms. The summed E-state index contributed by atoms with van der Waals surface area (Å²) in [6, 6.07) is 6.52. The number of hydrogen-bond acceptors (Lipinski definition) is 4.